The summed E-state index contributed by atoms with van der Waals surface area (Å²) >= 11 is 0. The summed E-state index contributed by atoms with van der Waals surface area (Å²) in [6, 6.07) is 12.0. The van der Waals surface area contributed by atoms with E-state index in [2.05, 4.69) is 5.32 Å². The van der Waals surface area contributed by atoms with E-state index in [1.54, 1.807) is 31.2 Å². The minimum absolute atomic E-state index is 0.233. The largest absolute Gasteiger partial charge is 0.481 e. The molecule has 6 heteroatoms. The number of nitrogens with one attached hydrogen (secondary N) is 1. The highest BCUT2D eigenvalue weighted by Crippen LogP contribution is 2.19. The first-order valence-electron chi connectivity index (χ1n) is 8.42. The summed E-state index contributed by atoms with van der Waals surface area (Å²) in [5.74, 6) is 0.420. The Morgan fingerprint density at radius 3 is 2.15 bits per heavy atom. The zero-order valence-corrected chi connectivity index (χ0v) is 16.6. The van der Waals surface area contributed by atoms with Crippen LogP contribution in [0.2, 0.25) is 0 Å². The Bertz CT molecular complexity index is 889. The highest BCUT2D eigenvalue weighted by molar-refractivity contribution is 7.90. The number of hydrogen-bond donors (Lipinski definition) is 1. The van der Waals surface area contributed by atoms with Gasteiger partial charge in [-0.05, 0) is 68.7 Å². The van der Waals surface area contributed by atoms with Crippen LogP contribution in [0.4, 0.5) is 0 Å². The minimum Gasteiger partial charge on any atom is -0.481 e. The summed E-state index contributed by atoms with van der Waals surface area (Å²) < 4.78 is 28.7. The Morgan fingerprint density at radius 1 is 1.00 bits per heavy atom. The zero-order chi connectivity index (χ0) is 19.5. The number of benzene rings is 2. The van der Waals surface area contributed by atoms with Crippen molar-refractivity contribution in [2.45, 2.75) is 44.7 Å². The van der Waals surface area contributed by atoms with Crippen molar-refractivity contribution in [2.24, 2.45) is 0 Å². The van der Waals surface area contributed by atoms with Crippen molar-refractivity contribution in [3.8, 4) is 5.75 Å². The van der Waals surface area contributed by atoms with Gasteiger partial charge in [-0.3, -0.25) is 4.79 Å². The third-order valence-electron chi connectivity index (χ3n) is 4.33. The Hall–Kier alpha value is -2.34. The van der Waals surface area contributed by atoms with Gasteiger partial charge in [-0.25, -0.2) is 8.42 Å². The molecular weight excluding hydrogens is 350 g/mol. The number of sulfone groups is 1. The van der Waals surface area contributed by atoms with Gasteiger partial charge in [-0.2, -0.15) is 0 Å². The van der Waals surface area contributed by atoms with Crippen LogP contribution in [-0.4, -0.2) is 26.7 Å². The van der Waals surface area contributed by atoms with Crippen LogP contribution in [0.5, 0.6) is 5.75 Å². The van der Waals surface area contributed by atoms with Crippen LogP contribution in [0.1, 0.15) is 36.6 Å². The maximum absolute atomic E-state index is 12.4. The highest BCUT2D eigenvalue weighted by Gasteiger charge is 2.18. The van der Waals surface area contributed by atoms with Gasteiger partial charge in [-0.15, -0.1) is 0 Å². The van der Waals surface area contributed by atoms with Crippen LogP contribution >= 0.6 is 0 Å². The Kier molecular flexibility index (Phi) is 6.08. The van der Waals surface area contributed by atoms with Gasteiger partial charge < -0.3 is 10.1 Å². The molecule has 2 rings (SSSR count). The van der Waals surface area contributed by atoms with Crippen molar-refractivity contribution in [3.63, 3.8) is 0 Å². The van der Waals surface area contributed by atoms with Gasteiger partial charge in [0.2, 0.25) is 0 Å². The number of carbonyl (C=O) groups is 1. The Morgan fingerprint density at radius 2 is 1.62 bits per heavy atom. The maximum atomic E-state index is 12.4. The highest BCUT2D eigenvalue weighted by atomic mass is 32.2. The fourth-order valence-electron chi connectivity index (χ4n) is 2.46. The molecule has 0 unspecified atom stereocenters. The van der Waals surface area contributed by atoms with E-state index in [0.29, 0.717) is 5.75 Å². The molecule has 1 N–H and O–H groups in total. The van der Waals surface area contributed by atoms with Crippen LogP contribution < -0.4 is 10.1 Å². The lowest BCUT2D eigenvalue weighted by molar-refractivity contribution is -0.127. The lowest BCUT2D eigenvalue weighted by Gasteiger charge is -2.19. The Labute approximate surface area is 155 Å². The lowest BCUT2D eigenvalue weighted by atomic mass is 10.1. The second kappa shape index (κ2) is 7.91. The molecule has 0 saturated heterocycles. The van der Waals surface area contributed by atoms with Crippen molar-refractivity contribution in [3.05, 3.63) is 59.2 Å². The average molecular weight is 375 g/mol. The normalized spacial score (nSPS) is 13.7. The molecule has 0 saturated carbocycles. The Balaban J connectivity index is 2.00. The number of hydrogen-bond acceptors (Lipinski definition) is 4. The first-order chi connectivity index (χ1) is 12.1. The fourth-order valence-corrected chi connectivity index (χ4v) is 3.09. The van der Waals surface area contributed by atoms with E-state index in [9.17, 15) is 13.2 Å². The molecule has 140 valence electrons. The van der Waals surface area contributed by atoms with Gasteiger partial charge in [0.05, 0.1) is 10.9 Å². The summed E-state index contributed by atoms with van der Waals surface area (Å²) in [5, 5.41) is 2.89. The van der Waals surface area contributed by atoms with Crippen molar-refractivity contribution in [2.75, 3.05) is 6.26 Å². The molecule has 0 fully saturated rings. The first kappa shape index (κ1) is 20.0. The molecule has 1 amide bonds. The van der Waals surface area contributed by atoms with Gasteiger partial charge in [0.25, 0.3) is 5.91 Å². The second-order valence-electron chi connectivity index (χ2n) is 6.58. The molecule has 0 aliphatic heterocycles. The van der Waals surface area contributed by atoms with Gasteiger partial charge in [0, 0.05) is 6.26 Å². The summed E-state index contributed by atoms with van der Waals surface area (Å²) in [5.41, 5.74) is 3.10. The van der Waals surface area contributed by atoms with Gasteiger partial charge >= 0.3 is 0 Å². The molecule has 0 aromatic heterocycles. The standard InChI is InChI=1S/C20H25NO4S/c1-13-6-9-18(12-14(13)2)25-16(4)20(22)21-15(3)17-7-10-19(11-8-17)26(5,23)24/h6-12,15-16H,1-5H3,(H,21,22)/t15-,16-/m0/s1. The molecule has 0 spiro atoms. The van der Waals surface area contributed by atoms with Crippen molar-refractivity contribution in [1.82, 2.24) is 5.32 Å². The fraction of sp³-hybridized carbons (Fsp3) is 0.350. The number of ether oxygens (including phenoxy) is 1. The summed E-state index contributed by atoms with van der Waals surface area (Å²) in [6.07, 6.45) is 0.522. The van der Waals surface area contributed by atoms with Crippen LogP contribution in [-0.2, 0) is 14.6 Å². The molecule has 0 radical (unpaired) electrons. The van der Waals surface area contributed by atoms with E-state index in [1.807, 2.05) is 39.0 Å². The van der Waals surface area contributed by atoms with Crippen molar-refractivity contribution < 1.29 is 17.9 Å². The van der Waals surface area contributed by atoms with E-state index in [-0.39, 0.29) is 16.8 Å². The topological polar surface area (TPSA) is 72.5 Å². The number of amides is 1. The van der Waals surface area contributed by atoms with E-state index in [1.165, 1.54) is 11.8 Å². The monoisotopic (exact) mass is 375 g/mol. The smallest absolute Gasteiger partial charge is 0.261 e. The quantitative estimate of drug-likeness (QED) is 0.840. The van der Waals surface area contributed by atoms with Crippen LogP contribution in [0.15, 0.2) is 47.4 Å². The molecule has 0 aliphatic rings. The van der Waals surface area contributed by atoms with Gasteiger partial charge in [0.15, 0.2) is 15.9 Å². The minimum atomic E-state index is -3.23. The number of rotatable bonds is 6. The molecular formula is C20H25NO4S. The molecule has 0 bridgehead atoms. The van der Waals surface area contributed by atoms with E-state index < -0.39 is 15.9 Å². The molecule has 2 aromatic carbocycles. The molecule has 0 aliphatic carbocycles. The van der Waals surface area contributed by atoms with Crippen LogP contribution in [0.25, 0.3) is 0 Å². The third-order valence-corrected chi connectivity index (χ3v) is 5.46. The summed E-state index contributed by atoms with van der Waals surface area (Å²) in [4.78, 5) is 12.6. The molecule has 26 heavy (non-hydrogen) atoms. The van der Waals surface area contributed by atoms with E-state index >= 15 is 0 Å². The lowest BCUT2D eigenvalue weighted by Crippen LogP contribution is -2.37. The molecule has 5 nitrogen and oxygen atoms in total. The van der Waals surface area contributed by atoms with Crippen molar-refractivity contribution in [1.29, 1.82) is 0 Å². The number of aryl methyl sites for hydroxylation is 2. The SMILES string of the molecule is Cc1ccc(O[C@@H](C)C(=O)N[C@@H](C)c2ccc(S(C)(=O)=O)cc2)cc1C. The summed E-state index contributed by atoms with van der Waals surface area (Å²) in [7, 11) is -3.23. The van der Waals surface area contributed by atoms with Crippen LogP contribution in [0.3, 0.4) is 0 Å². The summed E-state index contributed by atoms with van der Waals surface area (Å²) in [6.45, 7) is 7.56. The van der Waals surface area contributed by atoms with E-state index in [4.69, 9.17) is 4.74 Å². The average Bonchev–Trinajstić information content (AvgIpc) is 2.57. The first-order valence-corrected chi connectivity index (χ1v) is 10.3. The molecule has 2 aromatic rings. The van der Waals surface area contributed by atoms with Gasteiger partial charge in [-0.1, -0.05) is 18.2 Å². The molecule has 2 atom stereocenters. The van der Waals surface area contributed by atoms with Crippen LogP contribution in [0, 0.1) is 13.8 Å². The van der Waals surface area contributed by atoms with E-state index in [0.717, 1.165) is 11.1 Å². The number of carbonyl (C=O) groups excluding carboxylic acids is 1. The zero-order valence-electron chi connectivity index (χ0n) is 15.7. The second-order valence-corrected chi connectivity index (χ2v) is 8.59. The predicted molar refractivity (Wildman–Crippen MR) is 102 cm³/mol. The maximum Gasteiger partial charge on any atom is 0.261 e. The molecule has 0 heterocycles. The van der Waals surface area contributed by atoms with Gasteiger partial charge in [0.1, 0.15) is 5.75 Å². The predicted octanol–water partition coefficient (Wildman–Crippen LogP) is 3.35. The third kappa shape index (κ3) is 5.08. The van der Waals surface area contributed by atoms with Crippen molar-refractivity contribution >= 4 is 15.7 Å².